The number of ether oxygens (including phenoxy) is 1. The Morgan fingerprint density at radius 3 is 1.90 bits per heavy atom. The van der Waals surface area contributed by atoms with Gasteiger partial charge in [-0.15, -0.1) is 0 Å². The van der Waals surface area contributed by atoms with Gasteiger partial charge < -0.3 is 15.6 Å². The molecule has 3 rings (SSSR count). The van der Waals surface area contributed by atoms with Gasteiger partial charge in [-0.2, -0.15) is 0 Å². The van der Waals surface area contributed by atoms with Crippen molar-refractivity contribution in [3.05, 3.63) is 107 Å². The van der Waals surface area contributed by atoms with Gasteiger partial charge in [-0.05, 0) is 12.5 Å². The van der Waals surface area contributed by atoms with E-state index in [1.165, 1.54) is 0 Å². The standard InChI is InChI=1S/C24H22ClNO4/c25-20-14-8-7-13-19(20)24(17-9-3-1-4-10-17,18-11-5-2-6-12-18)30-23(29)21(26)15-16-22(27)28/h1-14,21H,15-16,26H2,(H,27,28)/t21-/m0/s1. The molecule has 3 aromatic rings. The van der Waals surface area contributed by atoms with Gasteiger partial charge in [-0.25, -0.2) is 0 Å². The summed E-state index contributed by atoms with van der Waals surface area (Å²) in [5, 5.41) is 9.35. The van der Waals surface area contributed by atoms with Crippen molar-refractivity contribution in [2.45, 2.75) is 24.5 Å². The lowest BCUT2D eigenvalue weighted by Crippen LogP contribution is -2.42. The molecule has 0 aliphatic rings. The van der Waals surface area contributed by atoms with Crippen molar-refractivity contribution in [1.82, 2.24) is 0 Å². The number of carbonyl (C=O) groups is 2. The molecule has 30 heavy (non-hydrogen) atoms. The molecule has 0 aliphatic heterocycles. The zero-order valence-corrected chi connectivity index (χ0v) is 17.0. The molecule has 3 aromatic carbocycles. The van der Waals surface area contributed by atoms with Gasteiger partial charge in [0.15, 0.2) is 5.60 Å². The molecule has 0 unspecified atom stereocenters. The summed E-state index contributed by atoms with van der Waals surface area (Å²) in [5.74, 6) is -1.73. The van der Waals surface area contributed by atoms with Crippen LogP contribution in [0.3, 0.4) is 0 Å². The molecule has 0 bridgehead atoms. The summed E-state index contributed by atoms with van der Waals surface area (Å²) in [6.07, 6.45) is -0.262. The van der Waals surface area contributed by atoms with Crippen LogP contribution >= 0.6 is 11.6 Å². The van der Waals surface area contributed by atoms with Crippen LogP contribution in [0.1, 0.15) is 29.5 Å². The first-order chi connectivity index (χ1) is 14.4. The van der Waals surface area contributed by atoms with Crippen molar-refractivity contribution < 1.29 is 19.4 Å². The molecule has 5 nitrogen and oxygen atoms in total. The average molecular weight is 424 g/mol. The molecule has 0 saturated heterocycles. The number of rotatable bonds is 8. The molecule has 0 fully saturated rings. The normalized spacial score (nSPS) is 12.2. The Kier molecular flexibility index (Phi) is 6.87. The van der Waals surface area contributed by atoms with Crippen LogP contribution in [-0.2, 0) is 19.9 Å². The maximum atomic E-state index is 13.0. The second kappa shape index (κ2) is 9.57. The smallest absolute Gasteiger partial charge is 0.324 e. The number of hydrogen-bond acceptors (Lipinski definition) is 4. The first-order valence-corrected chi connectivity index (χ1v) is 9.89. The molecule has 0 amide bonds. The lowest BCUT2D eigenvalue weighted by Gasteiger charge is -2.36. The summed E-state index contributed by atoms with van der Waals surface area (Å²) in [5.41, 5.74) is 6.61. The number of carboxylic acids is 1. The minimum Gasteiger partial charge on any atom is -0.481 e. The molecule has 0 aromatic heterocycles. The lowest BCUT2D eigenvalue weighted by atomic mass is 9.80. The van der Waals surface area contributed by atoms with E-state index in [2.05, 4.69) is 0 Å². The second-order valence-electron chi connectivity index (χ2n) is 6.85. The van der Waals surface area contributed by atoms with Crippen molar-refractivity contribution >= 4 is 23.5 Å². The van der Waals surface area contributed by atoms with E-state index in [0.717, 1.165) is 0 Å². The van der Waals surface area contributed by atoms with E-state index < -0.39 is 23.6 Å². The topological polar surface area (TPSA) is 89.6 Å². The van der Waals surface area contributed by atoms with E-state index in [-0.39, 0.29) is 12.8 Å². The minimum atomic E-state index is -1.35. The number of hydrogen-bond donors (Lipinski definition) is 2. The SMILES string of the molecule is N[C@@H](CCC(=O)O)C(=O)OC(c1ccccc1)(c1ccccc1)c1ccccc1Cl. The largest absolute Gasteiger partial charge is 0.481 e. The van der Waals surface area contributed by atoms with Gasteiger partial charge in [0, 0.05) is 28.1 Å². The third kappa shape index (κ3) is 4.53. The maximum absolute atomic E-state index is 13.0. The number of benzene rings is 3. The first kappa shape index (κ1) is 21.6. The van der Waals surface area contributed by atoms with Gasteiger partial charge in [-0.1, -0.05) is 90.5 Å². The molecule has 0 saturated carbocycles. The summed E-state index contributed by atoms with van der Waals surface area (Å²) in [6, 6.07) is 24.6. The number of carboxylic acid groups (broad SMARTS) is 1. The Hall–Kier alpha value is -3.15. The lowest BCUT2D eigenvalue weighted by molar-refractivity contribution is -0.155. The second-order valence-corrected chi connectivity index (χ2v) is 7.26. The van der Waals surface area contributed by atoms with Crippen LogP contribution in [0.5, 0.6) is 0 Å². The fraction of sp³-hybridized carbons (Fsp3) is 0.167. The quantitative estimate of drug-likeness (QED) is 0.415. The number of carbonyl (C=O) groups excluding carboxylic acids is 1. The molecule has 1 atom stereocenters. The van der Waals surface area contributed by atoms with E-state index in [4.69, 9.17) is 27.2 Å². The van der Waals surface area contributed by atoms with Gasteiger partial charge in [0.1, 0.15) is 6.04 Å². The Bertz CT molecular complexity index is 968. The van der Waals surface area contributed by atoms with Crippen LogP contribution in [-0.4, -0.2) is 23.1 Å². The molecule has 154 valence electrons. The van der Waals surface area contributed by atoms with Crippen LogP contribution < -0.4 is 5.73 Å². The van der Waals surface area contributed by atoms with Crippen LogP contribution in [0.2, 0.25) is 5.02 Å². The predicted molar refractivity (Wildman–Crippen MR) is 115 cm³/mol. The minimum absolute atomic E-state index is 0.0314. The Morgan fingerprint density at radius 1 is 0.900 bits per heavy atom. The number of nitrogens with two attached hydrogens (primary N) is 1. The summed E-state index contributed by atoms with van der Waals surface area (Å²) in [6.45, 7) is 0. The highest BCUT2D eigenvalue weighted by molar-refractivity contribution is 6.31. The van der Waals surface area contributed by atoms with Crippen LogP contribution in [0.15, 0.2) is 84.9 Å². The van der Waals surface area contributed by atoms with Gasteiger partial charge >= 0.3 is 11.9 Å². The third-order valence-electron chi connectivity index (χ3n) is 4.84. The van der Waals surface area contributed by atoms with Crippen molar-refractivity contribution in [2.75, 3.05) is 0 Å². The van der Waals surface area contributed by atoms with Crippen LogP contribution in [0.25, 0.3) is 0 Å². The van der Waals surface area contributed by atoms with Crippen LogP contribution in [0.4, 0.5) is 0 Å². The monoisotopic (exact) mass is 423 g/mol. The summed E-state index contributed by atoms with van der Waals surface area (Å²) >= 11 is 6.57. The first-order valence-electron chi connectivity index (χ1n) is 9.51. The highest BCUT2D eigenvalue weighted by Gasteiger charge is 2.42. The third-order valence-corrected chi connectivity index (χ3v) is 5.17. The molecule has 3 N–H and O–H groups in total. The highest BCUT2D eigenvalue weighted by atomic mass is 35.5. The molecular weight excluding hydrogens is 402 g/mol. The van der Waals surface area contributed by atoms with Crippen molar-refractivity contribution in [1.29, 1.82) is 0 Å². The molecule has 0 heterocycles. The zero-order valence-electron chi connectivity index (χ0n) is 16.2. The van der Waals surface area contributed by atoms with Gasteiger partial charge in [0.2, 0.25) is 0 Å². The van der Waals surface area contributed by atoms with E-state index in [0.29, 0.717) is 21.7 Å². The highest BCUT2D eigenvalue weighted by Crippen LogP contribution is 2.43. The van der Waals surface area contributed by atoms with Gasteiger partial charge in [0.05, 0.1) is 0 Å². The van der Waals surface area contributed by atoms with Gasteiger partial charge in [0.25, 0.3) is 0 Å². The van der Waals surface area contributed by atoms with Crippen molar-refractivity contribution in [2.24, 2.45) is 5.73 Å². The van der Waals surface area contributed by atoms with E-state index in [9.17, 15) is 9.59 Å². The Morgan fingerprint density at radius 2 is 1.40 bits per heavy atom. The fourth-order valence-corrected chi connectivity index (χ4v) is 3.64. The zero-order chi connectivity index (χ0) is 21.6. The predicted octanol–water partition coefficient (Wildman–Crippen LogP) is 4.37. The average Bonchev–Trinajstić information content (AvgIpc) is 2.77. The summed E-state index contributed by atoms with van der Waals surface area (Å²) in [7, 11) is 0. The van der Waals surface area contributed by atoms with Crippen molar-refractivity contribution in [3.8, 4) is 0 Å². The Balaban J connectivity index is 2.18. The fourth-order valence-electron chi connectivity index (χ4n) is 3.37. The van der Waals surface area contributed by atoms with Crippen molar-refractivity contribution in [3.63, 3.8) is 0 Å². The Labute approximate surface area is 180 Å². The van der Waals surface area contributed by atoms with E-state index >= 15 is 0 Å². The maximum Gasteiger partial charge on any atom is 0.324 e. The summed E-state index contributed by atoms with van der Waals surface area (Å²) in [4.78, 5) is 23.9. The summed E-state index contributed by atoms with van der Waals surface area (Å²) < 4.78 is 6.13. The van der Waals surface area contributed by atoms with Gasteiger partial charge in [-0.3, -0.25) is 9.59 Å². The number of aliphatic carboxylic acids is 1. The number of esters is 1. The molecule has 6 heteroatoms. The van der Waals surface area contributed by atoms with E-state index in [1.807, 2.05) is 66.7 Å². The molecular formula is C24H22ClNO4. The molecule has 0 spiro atoms. The van der Waals surface area contributed by atoms with E-state index in [1.54, 1.807) is 18.2 Å². The number of halogens is 1. The molecule has 0 radical (unpaired) electrons. The van der Waals surface area contributed by atoms with Crippen LogP contribution in [0, 0.1) is 0 Å². The molecule has 0 aliphatic carbocycles.